The van der Waals surface area contributed by atoms with Crippen molar-refractivity contribution >= 4 is 33.9 Å². The van der Waals surface area contributed by atoms with Crippen LogP contribution in [-0.2, 0) is 9.59 Å². The molecule has 0 aliphatic carbocycles. The summed E-state index contributed by atoms with van der Waals surface area (Å²) < 4.78 is 10.4. The Kier molecular flexibility index (Phi) is 5.43. The Morgan fingerprint density at radius 2 is 1.55 bits per heavy atom. The van der Waals surface area contributed by atoms with Crippen molar-refractivity contribution in [1.82, 2.24) is 10.2 Å². The van der Waals surface area contributed by atoms with E-state index in [4.69, 9.17) is 9.47 Å². The molecular formula is C22H19N3O5S. The molecule has 31 heavy (non-hydrogen) atoms. The molecule has 2 heterocycles. The highest BCUT2D eigenvalue weighted by molar-refractivity contribution is 7.15. The quantitative estimate of drug-likeness (QED) is 0.370. The Morgan fingerprint density at radius 3 is 2.06 bits per heavy atom. The number of anilines is 1. The summed E-state index contributed by atoms with van der Waals surface area (Å²) in [5.74, 6) is -0.602. The molecule has 2 aromatic carbocycles. The first-order valence-electron chi connectivity index (χ1n) is 9.34. The molecule has 1 fully saturated rings. The van der Waals surface area contributed by atoms with E-state index in [1.807, 2.05) is 0 Å². The first-order valence-corrected chi connectivity index (χ1v) is 10.2. The van der Waals surface area contributed by atoms with Gasteiger partial charge in [0.25, 0.3) is 5.78 Å². The lowest BCUT2D eigenvalue weighted by Crippen LogP contribution is -2.29. The largest absolute Gasteiger partial charge is 0.507 e. The summed E-state index contributed by atoms with van der Waals surface area (Å²) >= 11 is 1.20. The molecule has 1 aromatic heterocycles. The third kappa shape index (κ3) is 3.64. The average Bonchev–Trinajstić information content (AvgIpc) is 3.34. The summed E-state index contributed by atoms with van der Waals surface area (Å²) in [7, 11) is 3.09. The zero-order chi connectivity index (χ0) is 22.1. The number of carbonyl (C=O) groups is 2. The summed E-state index contributed by atoms with van der Waals surface area (Å²) in [6, 6.07) is 12.7. The van der Waals surface area contributed by atoms with Crippen molar-refractivity contribution in [2.24, 2.45) is 0 Å². The van der Waals surface area contributed by atoms with Gasteiger partial charge in [0.05, 0.1) is 25.8 Å². The summed E-state index contributed by atoms with van der Waals surface area (Å²) in [5.41, 5.74) is 1.00. The van der Waals surface area contributed by atoms with Crippen molar-refractivity contribution in [2.75, 3.05) is 19.1 Å². The molecule has 4 rings (SSSR count). The molecule has 1 atom stereocenters. The number of rotatable bonds is 5. The summed E-state index contributed by atoms with van der Waals surface area (Å²) in [4.78, 5) is 27.3. The molecular weight excluding hydrogens is 418 g/mol. The van der Waals surface area contributed by atoms with Gasteiger partial charge >= 0.3 is 5.91 Å². The molecule has 1 amide bonds. The second-order valence-corrected chi connectivity index (χ2v) is 7.93. The van der Waals surface area contributed by atoms with Crippen LogP contribution >= 0.6 is 11.3 Å². The Morgan fingerprint density at radius 1 is 0.968 bits per heavy atom. The molecule has 0 unspecified atom stereocenters. The maximum Gasteiger partial charge on any atom is 0.301 e. The molecule has 0 bridgehead atoms. The third-order valence-electron chi connectivity index (χ3n) is 4.96. The van der Waals surface area contributed by atoms with Gasteiger partial charge < -0.3 is 14.6 Å². The number of aliphatic hydroxyl groups is 1. The highest BCUT2D eigenvalue weighted by atomic mass is 32.1. The Labute approximate surface area is 182 Å². The molecule has 1 aliphatic heterocycles. The number of methoxy groups -OCH3 is 2. The summed E-state index contributed by atoms with van der Waals surface area (Å²) in [5, 5.41) is 20.0. The van der Waals surface area contributed by atoms with E-state index in [0.29, 0.717) is 27.6 Å². The predicted molar refractivity (Wildman–Crippen MR) is 115 cm³/mol. The van der Waals surface area contributed by atoms with E-state index in [0.717, 1.165) is 0 Å². The Balaban J connectivity index is 1.90. The molecule has 0 radical (unpaired) electrons. The van der Waals surface area contributed by atoms with E-state index in [2.05, 4.69) is 10.2 Å². The Bertz CT molecular complexity index is 1170. The number of hydrogen-bond donors (Lipinski definition) is 1. The molecule has 0 saturated carbocycles. The van der Waals surface area contributed by atoms with Crippen LogP contribution in [0.1, 0.15) is 22.2 Å². The third-order valence-corrected chi connectivity index (χ3v) is 5.80. The van der Waals surface area contributed by atoms with Crippen LogP contribution in [0.2, 0.25) is 0 Å². The number of carbonyl (C=O) groups excluding carboxylic acids is 2. The number of amides is 1. The number of aryl methyl sites for hydroxylation is 1. The number of aromatic nitrogens is 2. The molecule has 1 N–H and O–H groups in total. The summed E-state index contributed by atoms with van der Waals surface area (Å²) in [6.07, 6.45) is 0. The maximum absolute atomic E-state index is 13.0. The van der Waals surface area contributed by atoms with E-state index >= 15 is 0 Å². The molecule has 1 saturated heterocycles. The molecule has 8 nitrogen and oxygen atoms in total. The fraction of sp³-hybridized carbons (Fsp3) is 0.182. The second kappa shape index (κ2) is 8.19. The van der Waals surface area contributed by atoms with Crippen LogP contribution < -0.4 is 14.4 Å². The number of hydrogen-bond acceptors (Lipinski definition) is 8. The van der Waals surface area contributed by atoms with Crippen LogP contribution in [0, 0.1) is 6.92 Å². The topological polar surface area (TPSA) is 102 Å². The number of nitrogens with zero attached hydrogens (tertiary/aromatic N) is 3. The molecule has 158 valence electrons. The fourth-order valence-electron chi connectivity index (χ4n) is 3.42. The lowest BCUT2D eigenvalue weighted by atomic mass is 9.95. The minimum Gasteiger partial charge on any atom is -0.507 e. The van der Waals surface area contributed by atoms with Gasteiger partial charge in [0.15, 0.2) is 0 Å². The standard InChI is InChI=1S/C22H19N3O5S/c1-12-23-24-22(31-12)25-18(13-4-8-15(29-2)9-5-13)17(20(27)21(25)28)19(26)14-6-10-16(30-3)11-7-14/h4-11,18,26H,1-3H3/t18-/m0/s1. The van der Waals surface area contributed by atoms with E-state index in [9.17, 15) is 14.7 Å². The second-order valence-electron chi connectivity index (χ2n) is 6.77. The first kappa shape index (κ1) is 20.5. The van der Waals surface area contributed by atoms with Crippen LogP contribution in [0.4, 0.5) is 5.13 Å². The first-order chi connectivity index (χ1) is 14.9. The van der Waals surface area contributed by atoms with E-state index in [1.165, 1.54) is 23.3 Å². The van der Waals surface area contributed by atoms with Crippen molar-refractivity contribution in [2.45, 2.75) is 13.0 Å². The SMILES string of the molecule is COc1ccc(C(O)=C2C(=O)C(=O)N(c3nnc(C)s3)[C@H]2c2ccc(OC)cc2)cc1. The van der Waals surface area contributed by atoms with Crippen molar-refractivity contribution in [1.29, 1.82) is 0 Å². The number of ether oxygens (including phenoxy) is 2. The zero-order valence-corrected chi connectivity index (χ0v) is 17.8. The van der Waals surface area contributed by atoms with Crippen LogP contribution in [0.3, 0.4) is 0 Å². The average molecular weight is 437 g/mol. The normalized spacial score (nSPS) is 17.8. The van der Waals surface area contributed by atoms with Gasteiger partial charge in [-0.05, 0) is 48.9 Å². The number of benzene rings is 2. The Hall–Kier alpha value is -3.72. The van der Waals surface area contributed by atoms with E-state index in [1.54, 1.807) is 62.6 Å². The molecule has 3 aromatic rings. The summed E-state index contributed by atoms with van der Waals surface area (Å²) in [6.45, 7) is 1.76. The van der Waals surface area contributed by atoms with E-state index in [-0.39, 0.29) is 16.5 Å². The van der Waals surface area contributed by atoms with Gasteiger partial charge in [0, 0.05) is 5.56 Å². The van der Waals surface area contributed by atoms with Crippen LogP contribution in [-0.4, -0.2) is 41.2 Å². The van der Waals surface area contributed by atoms with Crippen molar-refractivity contribution in [3.05, 3.63) is 70.2 Å². The minimum absolute atomic E-state index is 0.0202. The van der Waals surface area contributed by atoms with E-state index < -0.39 is 17.7 Å². The van der Waals surface area contributed by atoms with Gasteiger partial charge in [-0.25, -0.2) is 0 Å². The van der Waals surface area contributed by atoms with Crippen molar-refractivity contribution < 1.29 is 24.2 Å². The van der Waals surface area contributed by atoms with Gasteiger partial charge in [-0.2, -0.15) is 0 Å². The van der Waals surface area contributed by atoms with Gasteiger partial charge in [-0.3, -0.25) is 14.5 Å². The zero-order valence-electron chi connectivity index (χ0n) is 17.0. The lowest BCUT2D eigenvalue weighted by Gasteiger charge is -2.22. The monoisotopic (exact) mass is 437 g/mol. The maximum atomic E-state index is 13.0. The van der Waals surface area contributed by atoms with Gasteiger partial charge in [-0.1, -0.05) is 23.5 Å². The van der Waals surface area contributed by atoms with Gasteiger partial charge in [0.1, 0.15) is 22.3 Å². The number of ketones is 1. The van der Waals surface area contributed by atoms with Gasteiger partial charge in [-0.15, -0.1) is 10.2 Å². The van der Waals surface area contributed by atoms with Crippen LogP contribution in [0.25, 0.3) is 5.76 Å². The smallest absolute Gasteiger partial charge is 0.301 e. The molecule has 9 heteroatoms. The van der Waals surface area contributed by atoms with Crippen LogP contribution in [0.5, 0.6) is 11.5 Å². The van der Waals surface area contributed by atoms with Gasteiger partial charge in [0.2, 0.25) is 5.13 Å². The predicted octanol–water partition coefficient (Wildman–Crippen LogP) is 3.49. The highest BCUT2D eigenvalue weighted by Crippen LogP contribution is 2.43. The molecule has 1 aliphatic rings. The lowest BCUT2D eigenvalue weighted by molar-refractivity contribution is -0.132. The minimum atomic E-state index is -0.861. The number of aliphatic hydroxyl groups excluding tert-OH is 1. The van der Waals surface area contributed by atoms with Crippen molar-refractivity contribution in [3.8, 4) is 11.5 Å². The van der Waals surface area contributed by atoms with Crippen molar-refractivity contribution in [3.63, 3.8) is 0 Å². The highest BCUT2D eigenvalue weighted by Gasteiger charge is 2.48. The van der Waals surface area contributed by atoms with Crippen LogP contribution in [0.15, 0.2) is 54.1 Å². The fourth-order valence-corrected chi connectivity index (χ4v) is 4.13. The number of Topliss-reactive ketones (excluding diaryl/α,β-unsaturated/α-hetero) is 1. The molecule has 0 spiro atoms.